The minimum absolute atomic E-state index is 0.603. The van der Waals surface area contributed by atoms with Crippen LogP contribution in [0.15, 0.2) is 223 Å². The van der Waals surface area contributed by atoms with Crippen LogP contribution in [0.1, 0.15) is 0 Å². The van der Waals surface area contributed by atoms with E-state index in [0.717, 1.165) is 83.0 Å². The lowest BCUT2D eigenvalue weighted by molar-refractivity contribution is 0.672. The number of fused-ring (bicyclic) bond motifs is 9. The smallest absolute Gasteiger partial charge is 0.164 e. The summed E-state index contributed by atoms with van der Waals surface area (Å²) in [6, 6.07) is 77.0. The first-order valence-corrected chi connectivity index (χ1v) is 22.6. The molecule has 65 heavy (non-hydrogen) atoms. The number of hydrogen-bond acceptors (Lipinski definition) is 6. The normalized spacial score (nSPS) is 11.7. The maximum absolute atomic E-state index is 6.71. The zero-order valence-corrected chi connectivity index (χ0v) is 35.7. The van der Waals surface area contributed by atoms with Crippen LogP contribution in [0.25, 0.3) is 109 Å². The van der Waals surface area contributed by atoms with Crippen LogP contribution in [0.4, 0.5) is 17.1 Å². The van der Waals surface area contributed by atoms with Crippen molar-refractivity contribution in [3.63, 3.8) is 0 Å². The third kappa shape index (κ3) is 6.42. The summed E-state index contributed by atoms with van der Waals surface area (Å²) in [5.74, 6) is 1.84. The second-order valence-electron chi connectivity index (χ2n) is 16.4. The molecule has 0 aliphatic carbocycles. The van der Waals surface area contributed by atoms with Crippen LogP contribution in [0.5, 0.6) is 0 Å². The number of aromatic nitrogens is 3. The van der Waals surface area contributed by atoms with E-state index in [2.05, 4.69) is 193 Å². The van der Waals surface area contributed by atoms with Crippen LogP contribution < -0.4 is 4.90 Å². The minimum atomic E-state index is 0.603. The molecule has 0 saturated heterocycles. The monoisotopic (exact) mass is 848 g/mol. The Morgan fingerprint density at radius 3 is 1.78 bits per heavy atom. The minimum Gasteiger partial charge on any atom is -0.455 e. The summed E-state index contributed by atoms with van der Waals surface area (Å²) in [6.07, 6.45) is 0. The fourth-order valence-corrected chi connectivity index (χ4v) is 10.5. The molecular formula is C59H36N4OS. The van der Waals surface area contributed by atoms with Crippen LogP contribution in [-0.2, 0) is 0 Å². The number of anilines is 3. The van der Waals surface area contributed by atoms with E-state index >= 15 is 0 Å². The maximum Gasteiger partial charge on any atom is 0.164 e. The van der Waals surface area contributed by atoms with Gasteiger partial charge >= 0.3 is 0 Å². The second kappa shape index (κ2) is 15.1. The molecule has 13 rings (SSSR count). The Morgan fingerprint density at radius 2 is 0.938 bits per heavy atom. The lowest BCUT2D eigenvalue weighted by Gasteiger charge is -2.25. The van der Waals surface area contributed by atoms with E-state index in [9.17, 15) is 0 Å². The van der Waals surface area contributed by atoms with Crippen LogP contribution in [-0.4, -0.2) is 15.0 Å². The standard InChI is InChI=1S/C59H36N4OS/c1-3-14-39(15-4-1)57-60-58(42-24-23-37-13-7-8-16-40(37)33-42)62-59(61-57)52-36-51-47-19-9-11-21-53(47)64-56(51)50-34-41(27-31-46(50)52)38-25-28-44(29-26-38)63(43-17-5-2-6-18-43)45-30-32-49-48-20-10-12-22-54(48)65-55(49)35-45/h1-36H. The molecule has 0 saturated carbocycles. The summed E-state index contributed by atoms with van der Waals surface area (Å²) >= 11 is 1.84. The summed E-state index contributed by atoms with van der Waals surface area (Å²) in [6.45, 7) is 0. The number of rotatable bonds is 7. The van der Waals surface area contributed by atoms with E-state index in [1.807, 2.05) is 41.7 Å². The van der Waals surface area contributed by atoms with Crippen molar-refractivity contribution in [3.05, 3.63) is 218 Å². The average molecular weight is 849 g/mol. The highest BCUT2D eigenvalue weighted by Crippen LogP contribution is 2.43. The molecule has 0 aliphatic rings. The number of benzene rings is 10. The quantitative estimate of drug-likeness (QED) is 0.160. The predicted molar refractivity (Wildman–Crippen MR) is 271 cm³/mol. The Balaban J connectivity index is 0.957. The number of nitrogens with zero attached hydrogens (tertiary/aromatic N) is 4. The summed E-state index contributed by atoms with van der Waals surface area (Å²) in [7, 11) is 0. The Hall–Kier alpha value is -8.45. The van der Waals surface area contributed by atoms with Gasteiger partial charge in [-0.25, -0.2) is 15.0 Å². The fourth-order valence-electron chi connectivity index (χ4n) is 9.31. The van der Waals surface area contributed by atoms with E-state index in [-0.39, 0.29) is 0 Å². The van der Waals surface area contributed by atoms with Gasteiger partial charge in [0.1, 0.15) is 11.2 Å². The molecule has 10 aromatic carbocycles. The summed E-state index contributed by atoms with van der Waals surface area (Å²) in [5.41, 5.74) is 9.92. The highest BCUT2D eigenvalue weighted by atomic mass is 32.1. The first kappa shape index (κ1) is 37.1. The second-order valence-corrected chi connectivity index (χ2v) is 17.5. The number of furan rings is 1. The number of thiophene rings is 1. The Bertz CT molecular complexity index is 3950. The molecule has 0 atom stereocenters. The summed E-state index contributed by atoms with van der Waals surface area (Å²) < 4.78 is 9.28. The van der Waals surface area contributed by atoms with Crippen LogP contribution in [0, 0.1) is 0 Å². The third-order valence-corrected chi connectivity index (χ3v) is 13.6. The Labute approximate surface area is 378 Å². The van der Waals surface area contributed by atoms with Gasteiger partial charge in [0.25, 0.3) is 0 Å². The van der Waals surface area contributed by atoms with Gasteiger partial charge in [-0.2, -0.15) is 0 Å². The highest BCUT2D eigenvalue weighted by Gasteiger charge is 2.21. The Morgan fingerprint density at radius 1 is 0.338 bits per heavy atom. The van der Waals surface area contributed by atoms with Crippen LogP contribution >= 0.6 is 11.3 Å². The Kier molecular flexibility index (Phi) is 8.64. The zero-order chi connectivity index (χ0) is 42.8. The topological polar surface area (TPSA) is 55.1 Å². The SMILES string of the molecule is c1ccc(-c2nc(-c3ccc4ccccc4c3)nc(-c3cc4c5ccccc5oc4c4cc(-c5ccc(N(c6ccccc6)c6ccc7c(c6)sc6ccccc67)cc5)ccc34)n2)cc1. The van der Waals surface area contributed by atoms with Crippen molar-refractivity contribution in [2.75, 3.05) is 4.90 Å². The molecule has 5 nitrogen and oxygen atoms in total. The van der Waals surface area contributed by atoms with Gasteiger partial charge in [-0.1, -0.05) is 152 Å². The summed E-state index contributed by atoms with van der Waals surface area (Å²) in [5, 5.41) is 8.93. The summed E-state index contributed by atoms with van der Waals surface area (Å²) in [4.78, 5) is 17.9. The molecule has 0 fully saturated rings. The van der Waals surface area contributed by atoms with Crippen molar-refractivity contribution in [1.29, 1.82) is 0 Å². The molecule has 0 bridgehead atoms. The van der Waals surface area contributed by atoms with Crippen molar-refractivity contribution >= 4 is 92.1 Å². The van der Waals surface area contributed by atoms with Crippen molar-refractivity contribution in [2.24, 2.45) is 0 Å². The molecule has 3 aromatic heterocycles. The van der Waals surface area contributed by atoms with E-state index in [1.54, 1.807) is 0 Å². The molecule has 0 spiro atoms. The molecule has 0 radical (unpaired) electrons. The first-order valence-electron chi connectivity index (χ1n) is 21.7. The van der Waals surface area contributed by atoms with Gasteiger partial charge in [0, 0.05) is 70.1 Å². The molecule has 304 valence electrons. The molecule has 13 aromatic rings. The van der Waals surface area contributed by atoms with Crippen molar-refractivity contribution in [2.45, 2.75) is 0 Å². The predicted octanol–water partition coefficient (Wildman–Crippen LogP) is 16.6. The van der Waals surface area contributed by atoms with E-state index in [4.69, 9.17) is 19.4 Å². The molecule has 6 heteroatoms. The number of para-hydroxylation sites is 2. The average Bonchev–Trinajstić information content (AvgIpc) is 3.95. The maximum atomic E-state index is 6.71. The van der Waals surface area contributed by atoms with E-state index in [0.29, 0.717) is 17.5 Å². The zero-order valence-electron chi connectivity index (χ0n) is 34.9. The van der Waals surface area contributed by atoms with E-state index < -0.39 is 0 Å². The van der Waals surface area contributed by atoms with E-state index in [1.165, 1.54) is 25.6 Å². The first-order chi connectivity index (χ1) is 32.2. The lowest BCUT2D eigenvalue weighted by Crippen LogP contribution is -2.09. The van der Waals surface area contributed by atoms with Gasteiger partial charge in [-0.3, -0.25) is 0 Å². The molecule has 3 heterocycles. The van der Waals surface area contributed by atoms with Gasteiger partial charge in [0.15, 0.2) is 17.5 Å². The molecule has 0 amide bonds. The van der Waals surface area contributed by atoms with Crippen LogP contribution in [0.2, 0.25) is 0 Å². The van der Waals surface area contributed by atoms with Gasteiger partial charge in [0.2, 0.25) is 0 Å². The number of hydrogen-bond donors (Lipinski definition) is 0. The largest absolute Gasteiger partial charge is 0.455 e. The van der Waals surface area contributed by atoms with Crippen molar-refractivity contribution < 1.29 is 4.42 Å². The van der Waals surface area contributed by atoms with Gasteiger partial charge in [0.05, 0.1) is 0 Å². The lowest BCUT2D eigenvalue weighted by atomic mass is 9.95. The van der Waals surface area contributed by atoms with Crippen molar-refractivity contribution in [3.8, 4) is 45.3 Å². The van der Waals surface area contributed by atoms with Crippen LogP contribution in [0.3, 0.4) is 0 Å². The van der Waals surface area contributed by atoms with Gasteiger partial charge < -0.3 is 9.32 Å². The van der Waals surface area contributed by atoms with Gasteiger partial charge in [-0.15, -0.1) is 11.3 Å². The molecule has 0 aliphatic heterocycles. The van der Waals surface area contributed by atoms with Gasteiger partial charge in [-0.05, 0) is 94.0 Å². The fraction of sp³-hybridized carbons (Fsp3) is 0. The molecule has 0 unspecified atom stereocenters. The highest BCUT2D eigenvalue weighted by molar-refractivity contribution is 7.25. The molecule has 0 N–H and O–H groups in total. The van der Waals surface area contributed by atoms with Crippen molar-refractivity contribution in [1.82, 2.24) is 15.0 Å². The third-order valence-electron chi connectivity index (χ3n) is 12.5. The molecular weight excluding hydrogens is 813 g/mol.